The molecule has 19 heavy (non-hydrogen) atoms. The molecule has 0 aliphatic carbocycles. The lowest BCUT2D eigenvalue weighted by Gasteiger charge is -2.21. The van der Waals surface area contributed by atoms with Gasteiger partial charge in [0.2, 0.25) is 0 Å². The number of rotatable bonds is 3. The largest absolute Gasteiger partial charge is 0.508 e. The monoisotopic (exact) mass is 257 g/mol. The van der Waals surface area contributed by atoms with Crippen molar-refractivity contribution in [2.24, 2.45) is 0 Å². The Hall–Kier alpha value is -2.49. The number of hydrogen-bond acceptors (Lipinski definition) is 3. The molecule has 0 saturated carbocycles. The molecule has 0 spiro atoms. The predicted octanol–water partition coefficient (Wildman–Crippen LogP) is 2.76. The van der Waals surface area contributed by atoms with E-state index in [1.807, 2.05) is 6.92 Å². The second-order valence-corrected chi connectivity index (χ2v) is 4.12. The molecule has 0 fully saturated rings. The molecule has 2 aromatic carbocycles. The smallest absolute Gasteiger partial charge is 0.258 e. The molecular weight excluding hydrogens is 242 g/mol. The maximum Gasteiger partial charge on any atom is 0.258 e. The van der Waals surface area contributed by atoms with Crippen molar-refractivity contribution in [3.05, 3.63) is 54.1 Å². The number of nitrogens with zero attached hydrogens (tertiary/aromatic N) is 1. The van der Waals surface area contributed by atoms with Crippen molar-refractivity contribution in [1.82, 2.24) is 0 Å². The van der Waals surface area contributed by atoms with Crippen LogP contribution in [0.5, 0.6) is 11.5 Å². The van der Waals surface area contributed by atoms with Crippen LogP contribution in [0.15, 0.2) is 48.5 Å². The normalized spacial score (nSPS) is 10.2. The maximum absolute atomic E-state index is 12.4. The van der Waals surface area contributed by atoms with Crippen molar-refractivity contribution >= 4 is 11.6 Å². The van der Waals surface area contributed by atoms with Crippen LogP contribution < -0.4 is 4.90 Å². The highest BCUT2D eigenvalue weighted by Gasteiger charge is 2.16. The highest BCUT2D eigenvalue weighted by atomic mass is 16.3. The van der Waals surface area contributed by atoms with Gasteiger partial charge in [-0.3, -0.25) is 4.79 Å². The van der Waals surface area contributed by atoms with Gasteiger partial charge in [0.25, 0.3) is 5.91 Å². The summed E-state index contributed by atoms with van der Waals surface area (Å²) in [6.07, 6.45) is 0. The molecule has 0 unspecified atom stereocenters. The van der Waals surface area contributed by atoms with Crippen molar-refractivity contribution in [2.75, 3.05) is 11.4 Å². The molecule has 0 aromatic heterocycles. The van der Waals surface area contributed by atoms with Gasteiger partial charge in [-0.05, 0) is 43.3 Å². The summed E-state index contributed by atoms with van der Waals surface area (Å²) >= 11 is 0. The molecule has 0 aliphatic heterocycles. The Kier molecular flexibility index (Phi) is 3.71. The summed E-state index contributed by atoms with van der Waals surface area (Å²) in [7, 11) is 0. The molecule has 0 atom stereocenters. The van der Waals surface area contributed by atoms with E-state index in [2.05, 4.69) is 0 Å². The zero-order valence-corrected chi connectivity index (χ0v) is 10.6. The van der Waals surface area contributed by atoms with Crippen molar-refractivity contribution in [3.8, 4) is 11.5 Å². The summed E-state index contributed by atoms with van der Waals surface area (Å²) in [5, 5.41) is 18.7. The van der Waals surface area contributed by atoms with E-state index < -0.39 is 0 Å². The fourth-order valence-corrected chi connectivity index (χ4v) is 1.86. The van der Waals surface area contributed by atoms with Crippen LogP contribution in [0.2, 0.25) is 0 Å². The van der Waals surface area contributed by atoms with E-state index >= 15 is 0 Å². The predicted molar refractivity (Wildman–Crippen MR) is 73.6 cm³/mol. The average Bonchev–Trinajstić information content (AvgIpc) is 2.40. The molecule has 1 amide bonds. The lowest BCUT2D eigenvalue weighted by molar-refractivity contribution is 0.0988. The third kappa shape index (κ3) is 2.85. The van der Waals surface area contributed by atoms with E-state index in [0.29, 0.717) is 17.8 Å². The third-order valence-corrected chi connectivity index (χ3v) is 2.82. The summed E-state index contributed by atoms with van der Waals surface area (Å²) in [5.41, 5.74) is 1.13. The van der Waals surface area contributed by atoms with Gasteiger partial charge in [-0.15, -0.1) is 0 Å². The van der Waals surface area contributed by atoms with Crippen molar-refractivity contribution < 1.29 is 15.0 Å². The first-order chi connectivity index (χ1) is 9.11. The number of aromatic hydroxyl groups is 2. The van der Waals surface area contributed by atoms with Gasteiger partial charge in [0.15, 0.2) is 0 Å². The molecule has 0 heterocycles. The van der Waals surface area contributed by atoms with Crippen molar-refractivity contribution in [3.63, 3.8) is 0 Å². The Bertz CT molecular complexity index is 578. The average molecular weight is 257 g/mol. The van der Waals surface area contributed by atoms with Crippen molar-refractivity contribution in [2.45, 2.75) is 6.92 Å². The van der Waals surface area contributed by atoms with Crippen LogP contribution in [0.1, 0.15) is 17.3 Å². The van der Waals surface area contributed by atoms with E-state index in [1.165, 1.54) is 12.1 Å². The molecule has 98 valence electrons. The number of hydrogen-bond donors (Lipinski definition) is 2. The molecule has 0 bridgehead atoms. The molecule has 2 rings (SSSR count). The van der Waals surface area contributed by atoms with Gasteiger partial charge in [0.05, 0.1) is 0 Å². The summed E-state index contributed by atoms with van der Waals surface area (Å²) < 4.78 is 0. The molecule has 4 heteroatoms. The molecular formula is C15H15NO3. The molecule has 4 nitrogen and oxygen atoms in total. The number of benzene rings is 2. The minimum absolute atomic E-state index is 0.120. The van der Waals surface area contributed by atoms with E-state index in [0.717, 1.165) is 0 Å². The van der Waals surface area contributed by atoms with Crippen LogP contribution >= 0.6 is 0 Å². The van der Waals surface area contributed by atoms with Gasteiger partial charge in [0.1, 0.15) is 11.5 Å². The minimum Gasteiger partial charge on any atom is -0.508 e. The number of phenols is 2. The topological polar surface area (TPSA) is 60.8 Å². The highest BCUT2D eigenvalue weighted by Crippen LogP contribution is 2.22. The van der Waals surface area contributed by atoms with E-state index in [1.54, 1.807) is 41.3 Å². The summed E-state index contributed by atoms with van der Waals surface area (Å²) in [6, 6.07) is 12.7. The SMILES string of the molecule is CCN(C(=O)c1ccc(O)cc1)c1cccc(O)c1. The number of carbonyl (C=O) groups is 1. The second-order valence-electron chi connectivity index (χ2n) is 4.12. The summed E-state index contributed by atoms with van der Waals surface area (Å²) in [5.74, 6) is 0.0690. The third-order valence-electron chi connectivity index (χ3n) is 2.82. The minimum atomic E-state index is -0.173. The summed E-state index contributed by atoms with van der Waals surface area (Å²) in [6.45, 7) is 2.35. The van der Waals surface area contributed by atoms with Gasteiger partial charge in [0, 0.05) is 23.9 Å². The van der Waals surface area contributed by atoms with Crippen LogP contribution in [0, 0.1) is 0 Å². The number of carbonyl (C=O) groups excluding carboxylic acids is 1. The van der Waals surface area contributed by atoms with Gasteiger partial charge >= 0.3 is 0 Å². The Morgan fingerprint density at radius 3 is 2.32 bits per heavy atom. The quantitative estimate of drug-likeness (QED) is 0.888. The Morgan fingerprint density at radius 2 is 1.74 bits per heavy atom. The van der Waals surface area contributed by atoms with Crippen LogP contribution in [0.3, 0.4) is 0 Å². The molecule has 0 aliphatic rings. The zero-order valence-electron chi connectivity index (χ0n) is 10.6. The number of amides is 1. The van der Waals surface area contributed by atoms with E-state index in [-0.39, 0.29) is 17.4 Å². The number of phenolic OH excluding ortho intramolecular Hbond substituents is 2. The van der Waals surface area contributed by atoms with Crippen molar-refractivity contribution in [1.29, 1.82) is 0 Å². The second kappa shape index (κ2) is 5.44. The zero-order chi connectivity index (χ0) is 13.8. The first-order valence-corrected chi connectivity index (χ1v) is 6.01. The van der Waals surface area contributed by atoms with Gasteiger partial charge < -0.3 is 15.1 Å². The van der Waals surface area contributed by atoms with Gasteiger partial charge in [-0.25, -0.2) is 0 Å². The number of anilines is 1. The van der Waals surface area contributed by atoms with Crippen LogP contribution in [0.25, 0.3) is 0 Å². The van der Waals surface area contributed by atoms with Crippen LogP contribution in [-0.2, 0) is 0 Å². The highest BCUT2D eigenvalue weighted by molar-refractivity contribution is 6.06. The molecule has 0 saturated heterocycles. The van der Waals surface area contributed by atoms with Crippen LogP contribution in [0.4, 0.5) is 5.69 Å². The fourth-order valence-electron chi connectivity index (χ4n) is 1.86. The Balaban J connectivity index is 2.31. The Labute approximate surface area is 111 Å². The van der Waals surface area contributed by atoms with E-state index in [9.17, 15) is 15.0 Å². The van der Waals surface area contributed by atoms with E-state index in [4.69, 9.17) is 0 Å². The molecule has 2 N–H and O–H groups in total. The molecule has 2 aromatic rings. The standard InChI is InChI=1S/C15H15NO3/c1-2-16(12-4-3-5-14(18)10-12)15(19)11-6-8-13(17)9-7-11/h3-10,17-18H,2H2,1H3. The first-order valence-electron chi connectivity index (χ1n) is 6.01. The summed E-state index contributed by atoms with van der Waals surface area (Å²) in [4.78, 5) is 13.9. The van der Waals surface area contributed by atoms with Gasteiger partial charge in [-0.1, -0.05) is 6.07 Å². The fraction of sp³-hybridized carbons (Fsp3) is 0.133. The lowest BCUT2D eigenvalue weighted by Crippen LogP contribution is -2.30. The van der Waals surface area contributed by atoms with Crippen LogP contribution in [-0.4, -0.2) is 22.7 Å². The molecule has 0 radical (unpaired) electrons. The maximum atomic E-state index is 12.4. The van der Waals surface area contributed by atoms with Gasteiger partial charge in [-0.2, -0.15) is 0 Å². The lowest BCUT2D eigenvalue weighted by atomic mass is 10.1. The first kappa shape index (κ1) is 13.0. The Morgan fingerprint density at radius 1 is 1.05 bits per heavy atom.